The average Bonchev–Trinajstić information content (AvgIpc) is 3.28. The lowest BCUT2D eigenvalue weighted by Crippen LogP contribution is -2.19. The number of hydrogen-bond donors (Lipinski definition) is 1. The molecule has 0 aliphatic heterocycles. The molecule has 0 atom stereocenters. The summed E-state index contributed by atoms with van der Waals surface area (Å²) < 4.78 is 45.0. The van der Waals surface area contributed by atoms with Gasteiger partial charge in [0.1, 0.15) is 4.90 Å². The second-order valence-corrected chi connectivity index (χ2v) is 19.9. The summed E-state index contributed by atoms with van der Waals surface area (Å²) in [6.07, 6.45) is 59.5. The van der Waals surface area contributed by atoms with Crippen molar-refractivity contribution in [3.8, 4) is 0 Å². The van der Waals surface area contributed by atoms with Crippen molar-refractivity contribution in [2.24, 2.45) is 0 Å². The highest BCUT2D eigenvalue weighted by molar-refractivity contribution is 7.86. The third kappa shape index (κ3) is 35.8. The highest BCUT2D eigenvalue weighted by Crippen LogP contribution is 2.23. The summed E-state index contributed by atoms with van der Waals surface area (Å²) in [4.78, 5) is 25.5. The summed E-state index contributed by atoms with van der Waals surface area (Å²) in [6, 6.07) is 3.74. The average molecular weight is 915 g/mol. The van der Waals surface area contributed by atoms with Crippen LogP contribution in [0.5, 0.6) is 0 Å². The number of rotatable bonds is 47. The lowest BCUT2D eigenvalue weighted by atomic mass is 10.0. The van der Waals surface area contributed by atoms with Crippen LogP contribution in [0.4, 0.5) is 0 Å². The van der Waals surface area contributed by atoms with E-state index in [1.807, 2.05) is 0 Å². The number of allylic oxidation sites excluding steroid dienone is 4. The molecule has 0 aliphatic rings. The van der Waals surface area contributed by atoms with E-state index in [1.165, 1.54) is 218 Å². The van der Waals surface area contributed by atoms with Crippen LogP contribution in [0.2, 0.25) is 0 Å². The summed E-state index contributed by atoms with van der Waals surface area (Å²) in [5, 5.41) is 0. The molecular weight excluding hydrogens is 817 g/mol. The molecular formula is C56H98O7S. The summed E-state index contributed by atoms with van der Waals surface area (Å²) >= 11 is 0. The van der Waals surface area contributed by atoms with Crippen LogP contribution in [0.25, 0.3) is 0 Å². The molecule has 370 valence electrons. The summed E-state index contributed by atoms with van der Waals surface area (Å²) in [7, 11) is -4.78. The minimum Gasteiger partial charge on any atom is -0.462 e. The number of hydrogen-bond acceptors (Lipinski definition) is 6. The van der Waals surface area contributed by atoms with Crippen molar-refractivity contribution in [1.29, 1.82) is 0 Å². The Balaban J connectivity index is 2.14. The van der Waals surface area contributed by atoms with Crippen LogP contribution in [-0.4, -0.2) is 38.1 Å². The van der Waals surface area contributed by atoms with Crippen molar-refractivity contribution >= 4 is 22.1 Å². The minimum absolute atomic E-state index is 0.0765. The Morgan fingerprint density at radius 3 is 1.02 bits per heavy atom. The van der Waals surface area contributed by atoms with E-state index in [9.17, 15) is 22.6 Å². The van der Waals surface area contributed by atoms with Gasteiger partial charge in [-0.05, 0) is 76.3 Å². The maximum Gasteiger partial charge on any atom is 0.340 e. The Labute approximate surface area is 394 Å². The molecule has 1 rings (SSSR count). The van der Waals surface area contributed by atoms with E-state index >= 15 is 0 Å². The van der Waals surface area contributed by atoms with Crippen molar-refractivity contribution in [2.75, 3.05) is 13.2 Å². The lowest BCUT2D eigenvalue weighted by molar-refractivity contribution is 0.0447. The number of benzene rings is 1. The molecule has 0 spiro atoms. The zero-order valence-corrected chi connectivity index (χ0v) is 42.4. The van der Waals surface area contributed by atoms with Crippen LogP contribution in [0.15, 0.2) is 47.4 Å². The molecule has 0 radical (unpaired) electrons. The third-order valence-corrected chi connectivity index (χ3v) is 13.4. The smallest absolute Gasteiger partial charge is 0.340 e. The third-order valence-electron chi connectivity index (χ3n) is 12.5. The fourth-order valence-corrected chi connectivity index (χ4v) is 9.13. The van der Waals surface area contributed by atoms with Gasteiger partial charge in [-0.1, -0.05) is 237 Å². The first kappa shape index (κ1) is 59.6. The van der Waals surface area contributed by atoms with Crippen LogP contribution in [0, 0.1) is 0 Å². The summed E-state index contributed by atoms with van der Waals surface area (Å²) in [5.41, 5.74) is -0.707. The second kappa shape index (κ2) is 44.4. The molecule has 0 heterocycles. The highest BCUT2D eigenvalue weighted by Gasteiger charge is 2.28. The molecule has 0 saturated carbocycles. The Hall–Kier alpha value is -2.45. The molecule has 8 heteroatoms. The van der Waals surface area contributed by atoms with Gasteiger partial charge < -0.3 is 9.47 Å². The molecule has 0 aliphatic carbocycles. The van der Waals surface area contributed by atoms with E-state index in [0.717, 1.165) is 44.6 Å². The molecule has 0 fully saturated rings. The van der Waals surface area contributed by atoms with Gasteiger partial charge in [0.2, 0.25) is 0 Å². The van der Waals surface area contributed by atoms with E-state index in [4.69, 9.17) is 9.47 Å². The van der Waals surface area contributed by atoms with Gasteiger partial charge in [-0.2, -0.15) is 8.42 Å². The first-order chi connectivity index (χ1) is 31.3. The van der Waals surface area contributed by atoms with E-state index < -0.39 is 32.5 Å². The second-order valence-electron chi connectivity index (χ2n) is 18.5. The fraction of sp³-hybridized carbons (Fsp3) is 0.786. The molecule has 0 bridgehead atoms. The monoisotopic (exact) mass is 915 g/mol. The van der Waals surface area contributed by atoms with Gasteiger partial charge in [-0.15, -0.1) is 0 Å². The number of unbranched alkanes of at least 4 members (excludes halogenated alkanes) is 36. The standard InChI is InChI=1S/C56H98O7S/c1-3-5-7-9-11-13-15-17-19-21-23-25-27-29-31-33-35-37-39-41-43-45-50-62-55(57)52-48-47-49-53(64(59,60)61)54(52)56(58)63-51-46-44-42-40-38-36-34-32-30-28-26-24-22-20-18-16-14-12-10-8-6-4-2/h37-40,47-49H,3-36,41-46,50-51H2,1-2H3,(H,59,60,61)/b39-37+,40-38+. The number of carbonyl (C=O) groups is 2. The molecule has 1 aromatic rings. The van der Waals surface area contributed by atoms with Crippen molar-refractivity contribution < 1.29 is 32.0 Å². The molecule has 0 saturated heterocycles. The fourth-order valence-electron chi connectivity index (χ4n) is 8.43. The maximum atomic E-state index is 13.1. The van der Waals surface area contributed by atoms with Gasteiger partial charge in [0, 0.05) is 0 Å². The lowest BCUT2D eigenvalue weighted by Gasteiger charge is -2.12. The molecule has 1 aromatic carbocycles. The van der Waals surface area contributed by atoms with Crippen molar-refractivity contribution in [3.63, 3.8) is 0 Å². The van der Waals surface area contributed by atoms with E-state index in [1.54, 1.807) is 0 Å². The van der Waals surface area contributed by atoms with E-state index in [2.05, 4.69) is 38.2 Å². The van der Waals surface area contributed by atoms with Crippen molar-refractivity contribution in [2.45, 2.75) is 276 Å². The maximum absolute atomic E-state index is 13.1. The van der Waals surface area contributed by atoms with Crippen LogP contribution >= 0.6 is 0 Å². The predicted octanol–water partition coefficient (Wildman–Crippen LogP) is 18.0. The number of ether oxygens (including phenoxy) is 2. The topological polar surface area (TPSA) is 107 Å². The Kier molecular flexibility index (Phi) is 41.3. The largest absolute Gasteiger partial charge is 0.462 e. The zero-order chi connectivity index (χ0) is 46.4. The van der Waals surface area contributed by atoms with Gasteiger partial charge in [0.05, 0.1) is 24.3 Å². The molecule has 0 amide bonds. The first-order valence-electron chi connectivity index (χ1n) is 27.1. The minimum atomic E-state index is -4.78. The first-order valence-corrected chi connectivity index (χ1v) is 28.5. The van der Waals surface area contributed by atoms with Crippen LogP contribution in [0.1, 0.15) is 291 Å². The predicted molar refractivity (Wildman–Crippen MR) is 271 cm³/mol. The summed E-state index contributed by atoms with van der Waals surface area (Å²) in [5.74, 6) is -1.78. The Morgan fingerprint density at radius 1 is 0.422 bits per heavy atom. The van der Waals surface area contributed by atoms with Crippen LogP contribution in [0.3, 0.4) is 0 Å². The Morgan fingerprint density at radius 2 is 0.703 bits per heavy atom. The van der Waals surface area contributed by atoms with E-state index in [0.29, 0.717) is 12.8 Å². The van der Waals surface area contributed by atoms with Gasteiger partial charge in [0.15, 0.2) is 0 Å². The van der Waals surface area contributed by atoms with Crippen LogP contribution < -0.4 is 0 Å². The highest BCUT2D eigenvalue weighted by atomic mass is 32.2. The van der Waals surface area contributed by atoms with Gasteiger partial charge >= 0.3 is 11.9 Å². The Bertz CT molecular complexity index is 1400. The van der Waals surface area contributed by atoms with Gasteiger partial charge in [-0.25, -0.2) is 9.59 Å². The number of esters is 2. The molecule has 7 nitrogen and oxygen atoms in total. The van der Waals surface area contributed by atoms with E-state index in [-0.39, 0.29) is 18.8 Å². The molecule has 0 aromatic heterocycles. The summed E-state index contributed by atoms with van der Waals surface area (Å²) in [6.45, 7) is 4.77. The normalized spacial score (nSPS) is 11.9. The quantitative estimate of drug-likeness (QED) is 0.0300. The van der Waals surface area contributed by atoms with Crippen molar-refractivity contribution in [1.82, 2.24) is 0 Å². The number of carbonyl (C=O) groups excluding carboxylic acids is 2. The van der Waals surface area contributed by atoms with Gasteiger partial charge in [-0.3, -0.25) is 4.55 Å². The SMILES string of the molecule is CCCCCCCCCCCCCCCCCC/C=C/CCCCOC(=O)c1cccc(S(=O)(=O)O)c1C(=O)OCCCC/C=C/CCCCCCCCCCCCCCCCCC. The molecule has 1 N–H and O–H groups in total. The molecule has 64 heavy (non-hydrogen) atoms. The molecule has 0 unspecified atom stereocenters. The zero-order valence-electron chi connectivity index (χ0n) is 41.5. The van der Waals surface area contributed by atoms with Crippen molar-refractivity contribution in [3.05, 3.63) is 53.6 Å². The van der Waals surface area contributed by atoms with Crippen LogP contribution in [-0.2, 0) is 19.6 Å². The van der Waals surface area contributed by atoms with Gasteiger partial charge in [0.25, 0.3) is 10.1 Å².